The lowest BCUT2D eigenvalue weighted by atomic mass is 10.1. The Hall–Kier alpha value is -2.41. The van der Waals surface area contributed by atoms with E-state index < -0.39 is 0 Å². The second-order valence-corrected chi connectivity index (χ2v) is 6.88. The van der Waals surface area contributed by atoms with Crippen molar-refractivity contribution in [2.45, 2.75) is 33.4 Å². The Bertz CT molecular complexity index is 799. The van der Waals surface area contributed by atoms with Gasteiger partial charge >= 0.3 is 0 Å². The lowest BCUT2D eigenvalue weighted by Crippen LogP contribution is -2.42. The zero-order valence-corrected chi connectivity index (χ0v) is 16.2. The molecule has 7 nitrogen and oxygen atoms in total. The molecule has 1 aliphatic rings. The zero-order chi connectivity index (χ0) is 18.8. The minimum Gasteiger partial charge on any atom is -0.378 e. The fourth-order valence-electron chi connectivity index (χ4n) is 3.17. The maximum Gasteiger partial charge on any atom is 0.257 e. The van der Waals surface area contributed by atoms with Gasteiger partial charge in [-0.2, -0.15) is 5.10 Å². The monoisotopic (exact) mass is 357 g/mol. The Morgan fingerprint density at radius 1 is 1.35 bits per heavy atom. The summed E-state index contributed by atoms with van der Waals surface area (Å²) in [6.45, 7) is 8.20. The Kier molecular flexibility index (Phi) is 5.27. The highest BCUT2D eigenvalue weighted by Gasteiger charge is 2.29. The molecule has 7 heteroatoms. The molecule has 0 N–H and O–H groups in total. The zero-order valence-electron chi connectivity index (χ0n) is 16.2. The predicted octanol–water partition coefficient (Wildman–Crippen LogP) is 2.19. The van der Waals surface area contributed by atoms with Gasteiger partial charge in [-0.25, -0.2) is 0 Å². The highest BCUT2D eigenvalue weighted by molar-refractivity contribution is 5.95. The molecule has 3 heterocycles. The quantitative estimate of drug-likeness (QED) is 0.839. The molecule has 1 saturated heterocycles. The van der Waals surface area contributed by atoms with E-state index in [0.29, 0.717) is 25.3 Å². The standard InChI is InChI=1S/C19H27N5O2/c1-6-24-11-16(14(3)21-24)19(25)23-7-8-26-18(12-23)17-10-15(22(4)5)9-13(2)20-17/h9-11,18H,6-8,12H2,1-5H3/t18-/m1/s1. The van der Waals surface area contributed by atoms with Crippen LogP contribution in [0.1, 0.15) is 40.5 Å². The van der Waals surface area contributed by atoms with Crippen molar-refractivity contribution in [2.24, 2.45) is 0 Å². The molecular weight excluding hydrogens is 330 g/mol. The molecule has 1 fully saturated rings. The highest BCUT2D eigenvalue weighted by atomic mass is 16.5. The van der Waals surface area contributed by atoms with Gasteiger partial charge in [-0.15, -0.1) is 0 Å². The average Bonchev–Trinajstić information content (AvgIpc) is 3.01. The molecule has 0 radical (unpaired) electrons. The molecule has 2 aromatic heterocycles. The fourth-order valence-corrected chi connectivity index (χ4v) is 3.17. The molecule has 0 bridgehead atoms. The number of morpholine rings is 1. The van der Waals surface area contributed by atoms with Crippen LogP contribution >= 0.6 is 0 Å². The molecule has 1 aliphatic heterocycles. The van der Waals surface area contributed by atoms with Crippen LogP contribution in [0.2, 0.25) is 0 Å². The Morgan fingerprint density at radius 2 is 2.12 bits per heavy atom. The van der Waals surface area contributed by atoms with Crippen molar-refractivity contribution in [3.8, 4) is 0 Å². The number of ether oxygens (including phenoxy) is 1. The van der Waals surface area contributed by atoms with Crippen molar-refractivity contribution >= 4 is 11.6 Å². The lowest BCUT2D eigenvalue weighted by molar-refractivity contribution is -0.0247. The van der Waals surface area contributed by atoms with Crippen LogP contribution in [0.5, 0.6) is 0 Å². The molecule has 0 aliphatic carbocycles. The van der Waals surface area contributed by atoms with E-state index in [0.717, 1.165) is 29.3 Å². The lowest BCUT2D eigenvalue weighted by Gasteiger charge is -2.33. The third-order valence-corrected chi connectivity index (χ3v) is 4.66. The Morgan fingerprint density at radius 3 is 2.77 bits per heavy atom. The van der Waals surface area contributed by atoms with E-state index in [4.69, 9.17) is 4.74 Å². The number of amides is 1. The van der Waals surface area contributed by atoms with Gasteiger partial charge in [0.2, 0.25) is 0 Å². The normalized spacial score (nSPS) is 17.4. The molecule has 2 aromatic rings. The predicted molar refractivity (Wildman–Crippen MR) is 101 cm³/mol. The van der Waals surface area contributed by atoms with Gasteiger partial charge in [0.15, 0.2) is 0 Å². The SMILES string of the molecule is CCn1cc(C(=O)N2CCO[C@@H](c3cc(N(C)C)cc(C)n3)C2)c(C)n1. The number of hydrogen-bond donors (Lipinski definition) is 0. The number of hydrogen-bond acceptors (Lipinski definition) is 5. The van der Waals surface area contributed by atoms with E-state index in [1.54, 1.807) is 4.68 Å². The molecule has 140 valence electrons. The summed E-state index contributed by atoms with van der Waals surface area (Å²) in [5.74, 6) is 0.0102. The Balaban J connectivity index is 1.81. The van der Waals surface area contributed by atoms with Gasteiger partial charge in [-0.1, -0.05) is 0 Å². The molecule has 1 atom stereocenters. The first-order chi connectivity index (χ1) is 12.4. The molecule has 0 spiro atoms. The maximum atomic E-state index is 13.0. The van der Waals surface area contributed by atoms with Crippen LogP contribution in [0.15, 0.2) is 18.3 Å². The first-order valence-electron chi connectivity index (χ1n) is 9.00. The summed E-state index contributed by atoms with van der Waals surface area (Å²) >= 11 is 0. The molecule has 0 aromatic carbocycles. The van der Waals surface area contributed by atoms with Gasteiger partial charge in [-0.3, -0.25) is 14.5 Å². The van der Waals surface area contributed by atoms with Gasteiger partial charge < -0.3 is 14.5 Å². The molecule has 26 heavy (non-hydrogen) atoms. The van der Waals surface area contributed by atoms with Gasteiger partial charge in [0.1, 0.15) is 6.10 Å². The number of carbonyl (C=O) groups excluding carboxylic acids is 1. The van der Waals surface area contributed by atoms with Crippen LogP contribution in [0.25, 0.3) is 0 Å². The smallest absolute Gasteiger partial charge is 0.257 e. The first-order valence-corrected chi connectivity index (χ1v) is 9.00. The van der Waals surface area contributed by atoms with Crippen molar-refractivity contribution in [2.75, 3.05) is 38.7 Å². The van der Waals surface area contributed by atoms with Crippen LogP contribution in [0.4, 0.5) is 5.69 Å². The summed E-state index contributed by atoms with van der Waals surface area (Å²) in [5, 5.41) is 4.38. The van der Waals surface area contributed by atoms with Gasteiger partial charge in [0.25, 0.3) is 5.91 Å². The molecular formula is C19H27N5O2. The van der Waals surface area contributed by atoms with E-state index in [1.165, 1.54) is 0 Å². The number of nitrogens with zero attached hydrogens (tertiary/aromatic N) is 5. The summed E-state index contributed by atoms with van der Waals surface area (Å²) in [4.78, 5) is 21.5. The molecule has 1 amide bonds. The second kappa shape index (κ2) is 7.45. The molecule has 0 saturated carbocycles. The van der Waals surface area contributed by atoms with Crippen molar-refractivity contribution in [3.63, 3.8) is 0 Å². The van der Waals surface area contributed by atoms with Gasteiger partial charge in [0.05, 0.1) is 30.1 Å². The van der Waals surface area contributed by atoms with E-state index in [2.05, 4.69) is 10.1 Å². The number of aromatic nitrogens is 3. The van der Waals surface area contributed by atoms with Gasteiger partial charge in [0, 0.05) is 44.8 Å². The fraction of sp³-hybridized carbons (Fsp3) is 0.526. The third-order valence-electron chi connectivity index (χ3n) is 4.66. The number of pyridine rings is 1. The topological polar surface area (TPSA) is 63.5 Å². The van der Waals surface area contributed by atoms with Crippen molar-refractivity contribution in [1.29, 1.82) is 0 Å². The van der Waals surface area contributed by atoms with Crippen molar-refractivity contribution in [1.82, 2.24) is 19.7 Å². The van der Waals surface area contributed by atoms with Crippen LogP contribution in [0.3, 0.4) is 0 Å². The summed E-state index contributed by atoms with van der Waals surface area (Å²) in [6, 6.07) is 4.07. The van der Waals surface area contributed by atoms with E-state index in [1.807, 2.05) is 63.0 Å². The number of rotatable bonds is 4. The van der Waals surface area contributed by atoms with E-state index >= 15 is 0 Å². The van der Waals surface area contributed by atoms with Gasteiger partial charge in [-0.05, 0) is 32.9 Å². The largest absolute Gasteiger partial charge is 0.378 e. The second-order valence-electron chi connectivity index (χ2n) is 6.88. The minimum absolute atomic E-state index is 0.0102. The van der Waals surface area contributed by atoms with Crippen LogP contribution in [-0.4, -0.2) is 59.4 Å². The Labute approximate surface area is 154 Å². The number of carbonyl (C=O) groups is 1. The average molecular weight is 357 g/mol. The highest BCUT2D eigenvalue weighted by Crippen LogP contribution is 2.26. The summed E-state index contributed by atoms with van der Waals surface area (Å²) in [6.07, 6.45) is 1.62. The summed E-state index contributed by atoms with van der Waals surface area (Å²) in [5.41, 5.74) is 4.33. The van der Waals surface area contributed by atoms with Crippen molar-refractivity contribution < 1.29 is 9.53 Å². The molecule has 0 unspecified atom stereocenters. The van der Waals surface area contributed by atoms with Crippen LogP contribution in [0, 0.1) is 13.8 Å². The van der Waals surface area contributed by atoms with Crippen LogP contribution in [-0.2, 0) is 11.3 Å². The van der Waals surface area contributed by atoms with Crippen LogP contribution < -0.4 is 4.90 Å². The van der Waals surface area contributed by atoms with E-state index in [9.17, 15) is 4.79 Å². The minimum atomic E-state index is -0.215. The molecule has 3 rings (SSSR count). The van der Waals surface area contributed by atoms with E-state index in [-0.39, 0.29) is 12.0 Å². The number of aryl methyl sites for hydroxylation is 3. The maximum absolute atomic E-state index is 13.0. The third kappa shape index (κ3) is 3.72. The number of anilines is 1. The summed E-state index contributed by atoms with van der Waals surface area (Å²) < 4.78 is 7.73. The summed E-state index contributed by atoms with van der Waals surface area (Å²) in [7, 11) is 4.01. The first kappa shape index (κ1) is 18.4. The van der Waals surface area contributed by atoms with Crippen molar-refractivity contribution in [3.05, 3.63) is 41.0 Å².